The average molecular weight is 388 g/mol. The number of rotatable bonds is 7. The maximum absolute atomic E-state index is 5.88. The Hall–Kier alpha value is -2.14. The molecule has 0 spiro atoms. The van der Waals surface area contributed by atoms with Crippen LogP contribution >= 0.6 is 15.9 Å². The van der Waals surface area contributed by atoms with E-state index in [1.54, 1.807) is 6.34 Å². The summed E-state index contributed by atoms with van der Waals surface area (Å²) in [5.41, 5.74) is 3.78. The predicted molar refractivity (Wildman–Crippen MR) is 104 cm³/mol. The molecule has 0 saturated carbocycles. The van der Waals surface area contributed by atoms with Crippen LogP contribution in [0.15, 0.2) is 46.4 Å². The largest absolute Gasteiger partial charge is 0.472 e. The topological polar surface area (TPSA) is 37.7 Å². The Morgan fingerprint density at radius 2 is 2.12 bits per heavy atom. The molecule has 1 aromatic heterocycles. The molecule has 24 heavy (non-hydrogen) atoms. The van der Waals surface area contributed by atoms with Crippen LogP contribution in [0, 0.1) is 6.92 Å². The van der Waals surface area contributed by atoms with E-state index in [2.05, 4.69) is 39.4 Å². The van der Waals surface area contributed by atoms with Gasteiger partial charge in [0.15, 0.2) is 0 Å². The van der Waals surface area contributed by atoms with Gasteiger partial charge in [-0.15, -0.1) is 0 Å². The van der Waals surface area contributed by atoms with Gasteiger partial charge in [0, 0.05) is 13.6 Å². The van der Waals surface area contributed by atoms with Crippen molar-refractivity contribution < 1.29 is 4.74 Å². The van der Waals surface area contributed by atoms with Crippen LogP contribution in [-0.4, -0.2) is 29.8 Å². The molecule has 0 amide bonds. The number of pyridine rings is 1. The molecule has 0 bridgehead atoms. The van der Waals surface area contributed by atoms with Gasteiger partial charge in [-0.25, -0.2) is 9.98 Å². The van der Waals surface area contributed by atoms with E-state index in [1.807, 2.05) is 55.3 Å². The van der Waals surface area contributed by atoms with E-state index in [0.29, 0.717) is 12.5 Å². The van der Waals surface area contributed by atoms with Crippen LogP contribution in [0.2, 0.25) is 0 Å². The molecule has 126 valence electrons. The zero-order valence-corrected chi connectivity index (χ0v) is 15.9. The number of ether oxygens (including phenoxy) is 1. The molecule has 0 unspecified atom stereocenters. The van der Waals surface area contributed by atoms with Crippen molar-refractivity contribution in [3.8, 4) is 5.88 Å². The number of benzene rings is 1. The third kappa shape index (κ3) is 4.68. The molecule has 2 aromatic rings. The van der Waals surface area contributed by atoms with Gasteiger partial charge in [-0.1, -0.05) is 36.9 Å². The molecule has 0 aliphatic rings. The second-order valence-corrected chi connectivity index (χ2v) is 6.24. The van der Waals surface area contributed by atoms with E-state index in [4.69, 9.17) is 4.74 Å². The molecule has 0 aliphatic carbocycles. The van der Waals surface area contributed by atoms with E-state index >= 15 is 0 Å². The lowest BCUT2D eigenvalue weighted by Crippen LogP contribution is -2.14. The van der Waals surface area contributed by atoms with Gasteiger partial charge in [0.1, 0.15) is 6.61 Å². The summed E-state index contributed by atoms with van der Waals surface area (Å²) >= 11 is 3.52. The first-order chi connectivity index (χ1) is 11.5. The average Bonchev–Trinajstić information content (AvgIpc) is 2.60. The van der Waals surface area contributed by atoms with E-state index < -0.39 is 0 Å². The number of aromatic nitrogens is 1. The van der Waals surface area contributed by atoms with Crippen molar-refractivity contribution in [3.05, 3.63) is 58.2 Å². The maximum Gasteiger partial charge on any atom is 0.228 e. The van der Waals surface area contributed by atoms with E-state index in [0.717, 1.165) is 33.5 Å². The molecule has 0 atom stereocenters. The minimum Gasteiger partial charge on any atom is -0.472 e. The first-order valence-electron chi connectivity index (χ1n) is 7.79. The molecule has 0 N–H and O–H groups in total. The summed E-state index contributed by atoms with van der Waals surface area (Å²) in [5, 5.41) is 0. The van der Waals surface area contributed by atoms with E-state index in [1.165, 1.54) is 0 Å². The van der Waals surface area contributed by atoms with Crippen LogP contribution in [0.3, 0.4) is 0 Å². The first kappa shape index (κ1) is 18.2. The summed E-state index contributed by atoms with van der Waals surface area (Å²) < 4.78 is 6.67. The summed E-state index contributed by atoms with van der Waals surface area (Å²) in [7, 11) is 1.98. The van der Waals surface area contributed by atoms with Gasteiger partial charge in [-0.3, -0.25) is 0 Å². The van der Waals surface area contributed by atoms with Gasteiger partial charge in [0.25, 0.3) is 0 Å². The standard InChI is InChI=1S/C19H22BrN3O/c1-5-15-9-7-8-10-16(15)12-24-19-17(20)11-18(14(3)22-19)21-13-23(4)6-2/h5,7-11,13H,1,6,12H2,2-4H3/b21-13+. The zero-order valence-electron chi connectivity index (χ0n) is 14.3. The molecule has 0 aliphatic heterocycles. The van der Waals surface area contributed by atoms with Crippen molar-refractivity contribution in [2.75, 3.05) is 13.6 Å². The van der Waals surface area contributed by atoms with Gasteiger partial charge in [0.2, 0.25) is 5.88 Å². The van der Waals surface area contributed by atoms with Crippen molar-refractivity contribution in [1.29, 1.82) is 0 Å². The van der Waals surface area contributed by atoms with Gasteiger partial charge < -0.3 is 9.64 Å². The summed E-state index contributed by atoms with van der Waals surface area (Å²) in [4.78, 5) is 11.0. The molecular formula is C19H22BrN3O. The lowest BCUT2D eigenvalue weighted by atomic mass is 10.1. The van der Waals surface area contributed by atoms with Crippen molar-refractivity contribution in [3.63, 3.8) is 0 Å². The van der Waals surface area contributed by atoms with Crippen LogP contribution in [0.4, 0.5) is 5.69 Å². The molecule has 1 aromatic carbocycles. The van der Waals surface area contributed by atoms with Crippen LogP contribution < -0.4 is 4.74 Å². The van der Waals surface area contributed by atoms with Crippen LogP contribution in [0.1, 0.15) is 23.7 Å². The van der Waals surface area contributed by atoms with Crippen molar-refractivity contribution in [1.82, 2.24) is 9.88 Å². The molecule has 4 nitrogen and oxygen atoms in total. The highest BCUT2D eigenvalue weighted by Crippen LogP contribution is 2.30. The number of halogens is 1. The number of aryl methyl sites for hydroxylation is 1. The SMILES string of the molecule is C=Cc1ccccc1COc1nc(C)c(/N=C/N(C)CC)cc1Br. The van der Waals surface area contributed by atoms with Gasteiger partial charge >= 0.3 is 0 Å². The smallest absolute Gasteiger partial charge is 0.228 e. The quantitative estimate of drug-likeness (QED) is 0.496. The predicted octanol–water partition coefficient (Wildman–Crippen LogP) is 4.99. The summed E-state index contributed by atoms with van der Waals surface area (Å²) in [6, 6.07) is 9.94. The van der Waals surface area contributed by atoms with Crippen molar-refractivity contribution in [2.24, 2.45) is 4.99 Å². The second-order valence-electron chi connectivity index (χ2n) is 5.39. The highest BCUT2D eigenvalue weighted by atomic mass is 79.9. The van der Waals surface area contributed by atoms with Gasteiger partial charge in [-0.05, 0) is 47.0 Å². The Kier molecular flexibility index (Phi) is 6.55. The minimum atomic E-state index is 0.439. The normalized spacial score (nSPS) is 10.8. The third-order valence-corrected chi connectivity index (χ3v) is 4.21. The van der Waals surface area contributed by atoms with Crippen LogP contribution in [-0.2, 0) is 6.61 Å². The Morgan fingerprint density at radius 1 is 1.38 bits per heavy atom. The minimum absolute atomic E-state index is 0.439. The Morgan fingerprint density at radius 3 is 2.83 bits per heavy atom. The fourth-order valence-corrected chi connectivity index (χ4v) is 2.45. The molecular weight excluding hydrogens is 366 g/mol. The molecule has 2 rings (SSSR count). The fraction of sp³-hybridized carbons (Fsp3) is 0.263. The highest BCUT2D eigenvalue weighted by molar-refractivity contribution is 9.10. The second kappa shape index (κ2) is 8.64. The number of hydrogen-bond donors (Lipinski definition) is 0. The van der Waals surface area contributed by atoms with Crippen molar-refractivity contribution in [2.45, 2.75) is 20.5 Å². The lowest BCUT2D eigenvalue weighted by molar-refractivity contribution is 0.291. The molecule has 0 radical (unpaired) electrons. The molecule has 1 heterocycles. The lowest BCUT2D eigenvalue weighted by Gasteiger charge is -2.12. The number of hydrogen-bond acceptors (Lipinski definition) is 3. The van der Waals surface area contributed by atoms with Crippen LogP contribution in [0.25, 0.3) is 6.08 Å². The maximum atomic E-state index is 5.88. The number of nitrogens with zero attached hydrogens (tertiary/aromatic N) is 3. The molecule has 0 fully saturated rings. The first-order valence-corrected chi connectivity index (χ1v) is 8.59. The summed E-state index contributed by atoms with van der Waals surface area (Å²) in [6.07, 6.45) is 3.63. The monoisotopic (exact) mass is 387 g/mol. The van der Waals surface area contributed by atoms with Crippen molar-refractivity contribution >= 4 is 34.0 Å². The summed E-state index contributed by atoms with van der Waals surface area (Å²) in [6.45, 7) is 9.17. The van der Waals surface area contributed by atoms with Gasteiger partial charge in [0.05, 0.1) is 22.2 Å². The van der Waals surface area contributed by atoms with Crippen LogP contribution in [0.5, 0.6) is 5.88 Å². The molecule has 0 saturated heterocycles. The van der Waals surface area contributed by atoms with E-state index in [-0.39, 0.29) is 0 Å². The zero-order chi connectivity index (χ0) is 17.5. The molecule has 5 heteroatoms. The number of aliphatic imine (C=N–C) groups is 1. The highest BCUT2D eigenvalue weighted by Gasteiger charge is 2.09. The summed E-state index contributed by atoms with van der Waals surface area (Å²) in [5.74, 6) is 0.564. The Labute approximate surface area is 152 Å². The fourth-order valence-electron chi connectivity index (χ4n) is 2.03. The Balaban J connectivity index is 2.16. The van der Waals surface area contributed by atoms with Gasteiger partial charge in [-0.2, -0.15) is 0 Å². The van der Waals surface area contributed by atoms with E-state index in [9.17, 15) is 0 Å². The third-order valence-electron chi connectivity index (χ3n) is 3.64. The Bertz CT molecular complexity index is 743.